The first-order valence-electron chi connectivity index (χ1n) is 12.1. The lowest BCUT2D eigenvalue weighted by Crippen LogP contribution is -2.19. The van der Waals surface area contributed by atoms with Crippen LogP contribution in [0.5, 0.6) is 11.5 Å². The van der Waals surface area contributed by atoms with E-state index >= 15 is 0 Å². The molecule has 0 heterocycles. The van der Waals surface area contributed by atoms with Crippen molar-refractivity contribution in [2.24, 2.45) is 0 Å². The fourth-order valence-electron chi connectivity index (χ4n) is 3.99. The second-order valence-electron chi connectivity index (χ2n) is 13.5. The van der Waals surface area contributed by atoms with Gasteiger partial charge in [-0.2, -0.15) is 0 Å². The summed E-state index contributed by atoms with van der Waals surface area (Å²) in [5, 5.41) is 21.2. The summed E-state index contributed by atoms with van der Waals surface area (Å²) in [6.45, 7) is 23.8. The lowest BCUT2D eigenvalue weighted by molar-refractivity contribution is 0.106. The van der Waals surface area contributed by atoms with E-state index in [1.807, 2.05) is 83.1 Å². The average Bonchev–Trinajstić information content (AvgIpc) is 2.64. The van der Waals surface area contributed by atoms with Crippen LogP contribution in [0.1, 0.15) is 126 Å². The van der Waals surface area contributed by atoms with Gasteiger partial charge in [-0.25, -0.2) is 0 Å². The maximum atomic E-state index is 13.3. The van der Waals surface area contributed by atoms with Crippen LogP contribution < -0.4 is 0 Å². The number of carbonyl (C=O) groups excluding carboxylic acids is 2. The SMILES string of the molecule is CC(C)(C)c1cc(C(=O)SC(=O)c2cc(C(C)(C)C)c(O)c(C(C)(C)C)c2)cc(C(C)(C)C)c1O. The molecule has 0 aliphatic heterocycles. The normalized spacial score (nSPS) is 13.1. The number of phenolic OH excluding ortho intramolecular Hbond substituents is 2. The fraction of sp³-hybridized carbons (Fsp3) is 0.533. The summed E-state index contributed by atoms with van der Waals surface area (Å²) in [7, 11) is 0. The third kappa shape index (κ3) is 6.49. The molecule has 0 aliphatic carbocycles. The van der Waals surface area contributed by atoms with Crippen LogP contribution in [0.3, 0.4) is 0 Å². The number of hydrogen-bond donors (Lipinski definition) is 2. The molecule has 5 heteroatoms. The standard InChI is InChI=1S/C30H42O4S/c1-27(2,3)19-13-17(14-20(23(19)31)28(4,5)6)25(33)35-26(34)18-15-21(29(7,8)9)24(32)22(16-18)30(10,11)12/h13-16,31-32H,1-12H3. The Bertz CT molecular complexity index is 985. The predicted molar refractivity (Wildman–Crippen MR) is 147 cm³/mol. The summed E-state index contributed by atoms with van der Waals surface area (Å²) in [6.07, 6.45) is 0. The second-order valence-corrected chi connectivity index (χ2v) is 14.5. The zero-order valence-electron chi connectivity index (χ0n) is 23.4. The smallest absolute Gasteiger partial charge is 0.227 e. The molecule has 0 unspecified atom stereocenters. The Kier molecular flexibility index (Phi) is 7.70. The molecule has 0 aliphatic rings. The van der Waals surface area contributed by atoms with Crippen molar-refractivity contribution in [2.45, 2.75) is 105 Å². The summed E-state index contributed by atoms with van der Waals surface area (Å²) >= 11 is 0.654. The quantitative estimate of drug-likeness (QED) is 0.439. The van der Waals surface area contributed by atoms with E-state index in [0.29, 0.717) is 45.1 Å². The number of thioether (sulfide) groups is 1. The van der Waals surface area contributed by atoms with Gasteiger partial charge in [0.2, 0.25) is 10.2 Å². The minimum absolute atomic E-state index is 0.195. The molecule has 0 atom stereocenters. The third-order valence-electron chi connectivity index (χ3n) is 6.11. The Morgan fingerprint density at radius 2 is 0.714 bits per heavy atom. The number of phenols is 2. The highest BCUT2D eigenvalue weighted by Crippen LogP contribution is 2.42. The number of hydrogen-bond acceptors (Lipinski definition) is 5. The largest absolute Gasteiger partial charge is 0.507 e. The molecular weight excluding hydrogens is 456 g/mol. The molecule has 0 fully saturated rings. The molecule has 2 rings (SSSR count). The van der Waals surface area contributed by atoms with Crippen LogP contribution in [0.4, 0.5) is 0 Å². The summed E-state index contributed by atoms with van der Waals surface area (Å²) in [5.74, 6) is 0.391. The monoisotopic (exact) mass is 498 g/mol. The zero-order valence-corrected chi connectivity index (χ0v) is 24.2. The van der Waals surface area contributed by atoms with Gasteiger partial charge >= 0.3 is 0 Å². The van der Waals surface area contributed by atoms with E-state index in [2.05, 4.69) is 0 Å². The van der Waals surface area contributed by atoms with Gasteiger partial charge in [-0.3, -0.25) is 9.59 Å². The summed E-state index contributed by atoms with van der Waals surface area (Å²) < 4.78 is 0. The van der Waals surface area contributed by atoms with Gasteiger partial charge in [0.25, 0.3) is 0 Å². The number of benzene rings is 2. The molecule has 0 saturated carbocycles. The first kappa shape index (κ1) is 29.0. The van der Waals surface area contributed by atoms with Crippen LogP contribution in [0.25, 0.3) is 0 Å². The van der Waals surface area contributed by atoms with Crippen molar-refractivity contribution in [3.63, 3.8) is 0 Å². The van der Waals surface area contributed by atoms with Crippen LogP contribution >= 0.6 is 11.8 Å². The zero-order chi connectivity index (χ0) is 27.3. The lowest BCUT2D eigenvalue weighted by Gasteiger charge is -2.28. The van der Waals surface area contributed by atoms with Crippen LogP contribution in [-0.2, 0) is 21.7 Å². The molecule has 35 heavy (non-hydrogen) atoms. The minimum atomic E-state index is -0.380. The van der Waals surface area contributed by atoms with Crippen LogP contribution in [0.2, 0.25) is 0 Å². The highest BCUT2D eigenvalue weighted by atomic mass is 32.2. The van der Waals surface area contributed by atoms with E-state index in [0.717, 1.165) is 0 Å². The van der Waals surface area contributed by atoms with Crippen LogP contribution in [0, 0.1) is 0 Å². The maximum absolute atomic E-state index is 13.3. The van der Waals surface area contributed by atoms with Gasteiger partial charge < -0.3 is 10.2 Å². The fourth-order valence-corrected chi connectivity index (χ4v) is 4.63. The Balaban J connectivity index is 2.59. The van der Waals surface area contributed by atoms with E-state index in [1.54, 1.807) is 24.3 Å². The third-order valence-corrected chi connectivity index (χ3v) is 6.95. The van der Waals surface area contributed by atoms with Crippen molar-refractivity contribution >= 4 is 22.0 Å². The highest BCUT2D eigenvalue weighted by molar-refractivity contribution is 8.26. The molecule has 0 spiro atoms. The van der Waals surface area contributed by atoms with E-state index in [-0.39, 0.29) is 43.4 Å². The molecule has 0 bridgehead atoms. The molecule has 192 valence electrons. The Labute approximate surface area is 215 Å². The lowest BCUT2D eigenvalue weighted by atomic mass is 9.78. The number of aromatic hydroxyl groups is 2. The Hall–Kier alpha value is -2.27. The Morgan fingerprint density at radius 3 is 0.886 bits per heavy atom. The molecule has 4 nitrogen and oxygen atoms in total. The highest BCUT2D eigenvalue weighted by Gasteiger charge is 2.31. The average molecular weight is 499 g/mol. The topological polar surface area (TPSA) is 74.6 Å². The first-order chi connectivity index (χ1) is 15.5. The van der Waals surface area contributed by atoms with Crippen LogP contribution in [-0.4, -0.2) is 20.4 Å². The van der Waals surface area contributed by atoms with Crippen molar-refractivity contribution in [2.75, 3.05) is 0 Å². The molecule has 0 saturated heterocycles. The van der Waals surface area contributed by atoms with Gasteiger partial charge in [-0.15, -0.1) is 0 Å². The molecular formula is C30H42O4S. The van der Waals surface area contributed by atoms with Gasteiger partial charge in [-0.05, 0) is 57.7 Å². The van der Waals surface area contributed by atoms with Gasteiger partial charge in [0.1, 0.15) is 11.5 Å². The summed E-state index contributed by atoms with van der Waals surface area (Å²) in [5.41, 5.74) is 1.97. The van der Waals surface area contributed by atoms with E-state index < -0.39 is 0 Å². The van der Waals surface area contributed by atoms with Crippen molar-refractivity contribution in [3.8, 4) is 11.5 Å². The Morgan fingerprint density at radius 1 is 0.514 bits per heavy atom. The summed E-state index contributed by atoms with van der Waals surface area (Å²) in [4.78, 5) is 26.7. The molecule has 2 aromatic rings. The van der Waals surface area contributed by atoms with E-state index in [9.17, 15) is 19.8 Å². The number of rotatable bonds is 2. The van der Waals surface area contributed by atoms with Crippen molar-refractivity contribution in [1.82, 2.24) is 0 Å². The minimum Gasteiger partial charge on any atom is -0.507 e. The second kappa shape index (κ2) is 9.31. The van der Waals surface area contributed by atoms with Crippen molar-refractivity contribution < 1.29 is 19.8 Å². The maximum Gasteiger partial charge on any atom is 0.227 e. The predicted octanol–water partition coefficient (Wildman–Crippen LogP) is 8.00. The van der Waals surface area contributed by atoms with E-state index in [1.165, 1.54) is 0 Å². The first-order valence-corrected chi connectivity index (χ1v) is 12.9. The van der Waals surface area contributed by atoms with Crippen molar-refractivity contribution in [1.29, 1.82) is 0 Å². The van der Waals surface area contributed by atoms with Crippen LogP contribution in [0.15, 0.2) is 24.3 Å². The van der Waals surface area contributed by atoms with Crippen molar-refractivity contribution in [3.05, 3.63) is 57.6 Å². The van der Waals surface area contributed by atoms with Gasteiger partial charge in [0.05, 0.1) is 0 Å². The molecule has 0 radical (unpaired) electrons. The van der Waals surface area contributed by atoms with E-state index in [4.69, 9.17) is 0 Å². The van der Waals surface area contributed by atoms with Gasteiger partial charge in [0, 0.05) is 33.4 Å². The summed E-state index contributed by atoms with van der Waals surface area (Å²) in [6, 6.07) is 6.80. The molecule has 0 amide bonds. The van der Waals surface area contributed by atoms with Gasteiger partial charge in [0.15, 0.2) is 0 Å². The molecule has 0 aromatic heterocycles. The molecule has 2 N–H and O–H groups in total. The number of carbonyl (C=O) groups is 2. The van der Waals surface area contributed by atoms with Gasteiger partial charge in [-0.1, -0.05) is 83.1 Å². The molecule has 2 aromatic carbocycles.